The van der Waals surface area contributed by atoms with Crippen molar-refractivity contribution in [1.82, 2.24) is 5.32 Å². The Hall–Kier alpha value is -1.02. The van der Waals surface area contributed by atoms with E-state index in [1.54, 1.807) is 38.1 Å². The zero-order chi connectivity index (χ0) is 22.1. The highest BCUT2D eigenvalue weighted by Crippen LogP contribution is 2.53. The molecule has 1 amide bonds. The minimum atomic E-state index is -3.89. The highest BCUT2D eigenvalue weighted by atomic mass is 35.6. The SMILES string of the molecule is CCOP(=O)(OCC)[C@H](CC(=O)c1ccc(OC)cc1)NC(=O)OCC(Cl)(Cl)Cl. The van der Waals surface area contributed by atoms with Gasteiger partial charge in [-0.15, -0.1) is 0 Å². The second-order valence-electron chi connectivity index (χ2n) is 5.58. The molecule has 1 aromatic rings. The summed E-state index contributed by atoms with van der Waals surface area (Å²) in [5.74, 6) is -1.14. The number of rotatable bonds is 11. The third-order valence-electron chi connectivity index (χ3n) is 3.44. The van der Waals surface area contributed by atoms with Crippen molar-refractivity contribution in [3.8, 4) is 5.75 Å². The highest BCUT2D eigenvalue weighted by Gasteiger charge is 2.39. The number of hydrogen-bond donors (Lipinski definition) is 1. The third-order valence-corrected chi connectivity index (χ3v) is 6.08. The Balaban J connectivity index is 3.03. The van der Waals surface area contributed by atoms with Crippen molar-refractivity contribution in [3.05, 3.63) is 29.8 Å². The van der Waals surface area contributed by atoms with Crippen LogP contribution < -0.4 is 10.1 Å². The Labute approximate surface area is 184 Å². The first-order chi connectivity index (χ1) is 13.5. The molecular weight excluding hydrogens is 468 g/mol. The van der Waals surface area contributed by atoms with E-state index in [9.17, 15) is 14.2 Å². The number of nitrogens with one attached hydrogen (secondary N) is 1. The summed E-state index contributed by atoms with van der Waals surface area (Å²) in [4.78, 5) is 24.8. The van der Waals surface area contributed by atoms with E-state index in [1.165, 1.54) is 7.11 Å². The third kappa shape index (κ3) is 9.11. The summed E-state index contributed by atoms with van der Waals surface area (Å²) in [5, 5.41) is 2.33. The molecule has 0 aliphatic rings. The first kappa shape index (κ1) is 26.0. The van der Waals surface area contributed by atoms with Gasteiger partial charge in [0.15, 0.2) is 5.78 Å². The molecule has 1 atom stereocenters. The number of benzene rings is 1. The molecule has 12 heteroatoms. The Morgan fingerprint density at radius 2 is 1.66 bits per heavy atom. The van der Waals surface area contributed by atoms with Gasteiger partial charge in [0, 0.05) is 12.0 Å². The molecule has 0 aliphatic heterocycles. The van der Waals surface area contributed by atoms with Gasteiger partial charge in [-0.3, -0.25) is 9.36 Å². The van der Waals surface area contributed by atoms with Gasteiger partial charge in [0.25, 0.3) is 0 Å². The van der Waals surface area contributed by atoms with Crippen LogP contribution in [0.3, 0.4) is 0 Å². The van der Waals surface area contributed by atoms with Gasteiger partial charge in [0.2, 0.25) is 3.79 Å². The van der Waals surface area contributed by atoms with E-state index in [0.29, 0.717) is 11.3 Å². The number of carbonyl (C=O) groups excluding carboxylic acids is 2. The van der Waals surface area contributed by atoms with Crippen molar-refractivity contribution >= 4 is 54.3 Å². The van der Waals surface area contributed by atoms with Gasteiger partial charge in [0.1, 0.15) is 18.1 Å². The lowest BCUT2D eigenvalue weighted by Crippen LogP contribution is -2.39. The molecule has 1 N–H and O–H groups in total. The van der Waals surface area contributed by atoms with E-state index in [2.05, 4.69) is 5.32 Å². The maximum Gasteiger partial charge on any atom is 0.408 e. The number of carbonyl (C=O) groups is 2. The molecule has 0 unspecified atom stereocenters. The Morgan fingerprint density at radius 1 is 1.10 bits per heavy atom. The van der Waals surface area contributed by atoms with Crippen LogP contribution in [0.25, 0.3) is 0 Å². The maximum atomic E-state index is 13.2. The fourth-order valence-electron chi connectivity index (χ4n) is 2.21. The number of Topliss-reactive ketones (excluding diaryl/α,β-unsaturated/α-hetero) is 1. The molecule has 0 saturated carbocycles. The lowest BCUT2D eigenvalue weighted by atomic mass is 10.1. The van der Waals surface area contributed by atoms with Crippen molar-refractivity contribution in [3.63, 3.8) is 0 Å². The van der Waals surface area contributed by atoms with Crippen LogP contribution in [0.1, 0.15) is 30.6 Å². The number of alkyl halides is 3. The van der Waals surface area contributed by atoms with E-state index >= 15 is 0 Å². The van der Waals surface area contributed by atoms with E-state index in [0.717, 1.165) is 0 Å². The number of alkyl carbamates (subject to hydrolysis) is 1. The minimum absolute atomic E-state index is 0.0371. The number of ether oxygens (including phenoxy) is 2. The normalized spacial score (nSPS) is 12.9. The smallest absolute Gasteiger partial charge is 0.408 e. The van der Waals surface area contributed by atoms with Crippen molar-refractivity contribution in [2.45, 2.75) is 29.8 Å². The van der Waals surface area contributed by atoms with Crippen molar-refractivity contribution in [1.29, 1.82) is 0 Å². The average Bonchev–Trinajstić information content (AvgIpc) is 2.65. The Kier molecular flexibility index (Phi) is 10.8. The van der Waals surface area contributed by atoms with Crippen LogP contribution in [0.2, 0.25) is 0 Å². The van der Waals surface area contributed by atoms with Gasteiger partial charge in [-0.05, 0) is 38.1 Å². The Morgan fingerprint density at radius 3 is 2.10 bits per heavy atom. The van der Waals surface area contributed by atoms with Gasteiger partial charge in [-0.25, -0.2) is 4.79 Å². The second-order valence-corrected chi connectivity index (χ2v) is 10.3. The van der Waals surface area contributed by atoms with Crippen LogP contribution >= 0.6 is 42.4 Å². The zero-order valence-corrected chi connectivity index (χ0v) is 19.3. The lowest BCUT2D eigenvalue weighted by Gasteiger charge is -2.26. The molecule has 0 radical (unpaired) electrons. The molecule has 29 heavy (non-hydrogen) atoms. The molecule has 0 bridgehead atoms. The van der Waals surface area contributed by atoms with E-state index in [-0.39, 0.29) is 19.6 Å². The van der Waals surface area contributed by atoms with E-state index in [4.69, 9.17) is 53.3 Å². The minimum Gasteiger partial charge on any atom is -0.497 e. The van der Waals surface area contributed by atoms with Crippen LogP contribution in [0.15, 0.2) is 24.3 Å². The van der Waals surface area contributed by atoms with Crippen molar-refractivity contribution in [2.75, 3.05) is 26.9 Å². The fourth-order valence-corrected chi connectivity index (χ4v) is 4.19. The van der Waals surface area contributed by atoms with E-state index in [1.807, 2.05) is 0 Å². The van der Waals surface area contributed by atoms with Crippen LogP contribution in [0, 0.1) is 0 Å². The summed E-state index contributed by atoms with van der Waals surface area (Å²) >= 11 is 16.6. The van der Waals surface area contributed by atoms with Gasteiger partial charge >= 0.3 is 13.7 Å². The second kappa shape index (κ2) is 12.0. The summed E-state index contributed by atoms with van der Waals surface area (Å²) in [7, 11) is -2.39. The zero-order valence-electron chi connectivity index (χ0n) is 16.2. The number of hydrogen-bond acceptors (Lipinski definition) is 7. The molecule has 0 spiro atoms. The van der Waals surface area contributed by atoms with Crippen LogP contribution in [-0.4, -0.2) is 48.4 Å². The average molecular weight is 491 g/mol. The van der Waals surface area contributed by atoms with Crippen molar-refractivity contribution < 1.29 is 32.7 Å². The summed E-state index contributed by atoms with van der Waals surface area (Å²) in [6.07, 6.45) is -1.41. The molecular formula is C17H23Cl3NO7P. The highest BCUT2D eigenvalue weighted by molar-refractivity contribution is 7.54. The summed E-state index contributed by atoms with van der Waals surface area (Å²) in [6, 6.07) is 6.31. The van der Waals surface area contributed by atoms with Crippen molar-refractivity contribution in [2.24, 2.45) is 0 Å². The predicted molar refractivity (Wildman–Crippen MR) is 111 cm³/mol. The quantitative estimate of drug-likeness (QED) is 0.266. The van der Waals surface area contributed by atoms with Crippen LogP contribution in [0.5, 0.6) is 5.75 Å². The summed E-state index contributed by atoms with van der Waals surface area (Å²) < 4.78 is 31.7. The summed E-state index contributed by atoms with van der Waals surface area (Å²) in [5.41, 5.74) is 0.326. The maximum absolute atomic E-state index is 13.2. The number of amides is 1. The van der Waals surface area contributed by atoms with Crippen LogP contribution in [0.4, 0.5) is 4.79 Å². The summed E-state index contributed by atoms with van der Waals surface area (Å²) in [6.45, 7) is 2.74. The Bertz CT molecular complexity index is 715. The lowest BCUT2D eigenvalue weighted by molar-refractivity contribution is 0.0965. The van der Waals surface area contributed by atoms with Gasteiger partial charge < -0.3 is 23.8 Å². The van der Waals surface area contributed by atoms with Gasteiger partial charge in [-0.2, -0.15) is 0 Å². The molecule has 164 valence electrons. The molecule has 0 aromatic heterocycles. The molecule has 0 saturated heterocycles. The van der Waals surface area contributed by atoms with Gasteiger partial charge in [-0.1, -0.05) is 34.8 Å². The predicted octanol–water partition coefficient (Wildman–Crippen LogP) is 4.96. The molecule has 0 heterocycles. The largest absolute Gasteiger partial charge is 0.497 e. The van der Waals surface area contributed by atoms with Gasteiger partial charge in [0.05, 0.1) is 20.3 Å². The fraction of sp³-hybridized carbons (Fsp3) is 0.529. The van der Waals surface area contributed by atoms with E-state index < -0.39 is 35.7 Å². The standard InChI is InChI=1S/C17H23Cl3NO7P/c1-4-27-29(24,28-5-2)15(21-16(23)26-11-17(18,19)20)10-14(22)12-6-8-13(25-3)9-7-12/h6-9,15H,4-5,10-11H2,1-3H3,(H,21,23)/t15-/m1/s1. The first-order valence-corrected chi connectivity index (χ1v) is 11.3. The van der Waals surface area contributed by atoms with Crippen LogP contribution in [-0.2, 0) is 18.3 Å². The number of ketones is 1. The molecule has 0 fully saturated rings. The number of halogens is 3. The number of methoxy groups -OCH3 is 1. The molecule has 8 nitrogen and oxygen atoms in total. The topological polar surface area (TPSA) is 100 Å². The molecule has 1 aromatic carbocycles. The molecule has 1 rings (SSSR count). The first-order valence-electron chi connectivity index (χ1n) is 8.60. The molecule has 0 aliphatic carbocycles. The monoisotopic (exact) mass is 489 g/mol.